The summed E-state index contributed by atoms with van der Waals surface area (Å²) >= 11 is 0. The molecule has 0 N–H and O–H groups in total. The second-order valence-corrected chi connectivity index (χ2v) is 6.62. The summed E-state index contributed by atoms with van der Waals surface area (Å²) in [5.74, 6) is 4.12. The van der Waals surface area contributed by atoms with E-state index in [0.717, 1.165) is 0 Å². The van der Waals surface area contributed by atoms with Gasteiger partial charge in [0.05, 0.1) is 10.9 Å². The number of nitrogens with zero attached hydrogens (tertiary/aromatic N) is 2. The molecule has 15 heavy (non-hydrogen) atoms. The maximum Gasteiger partial charge on any atom is 0.299 e. The molecular formula is C12H20N2S+2. The number of pyridine rings is 1. The van der Waals surface area contributed by atoms with E-state index >= 15 is 0 Å². The minimum atomic E-state index is 0.654. The third-order valence-electron chi connectivity index (χ3n) is 2.84. The molecule has 0 aliphatic carbocycles. The molecule has 1 aliphatic rings. The largest absolute Gasteiger partial charge is 0.377 e. The SMILES string of the molecule is CN(C)c1cc[n+](C[S+]2CCCC2)cc1. The van der Waals surface area contributed by atoms with Gasteiger partial charge in [-0.3, -0.25) is 0 Å². The van der Waals surface area contributed by atoms with Gasteiger partial charge in [0, 0.05) is 31.9 Å². The van der Waals surface area contributed by atoms with Gasteiger partial charge in [0.15, 0.2) is 12.4 Å². The Morgan fingerprint density at radius 2 is 1.80 bits per heavy atom. The van der Waals surface area contributed by atoms with Crippen molar-refractivity contribution in [1.29, 1.82) is 0 Å². The highest BCUT2D eigenvalue weighted by atomic mass is 32.2. The summed E-state index contributed by atoms with van der Waals surface area (Å²) in [6.07, 6.45) is 7.31. The Labute approximate surface area is 95.3 Å². The molecule has 1 aliphatic heterocycles. The van der Waals surface area contributed by atoms with Crippen molar-refractivity contribution < 1.29 is 4.57 Å². The summed E-state index contributed by atoms with van der Waals surface area (Å²) < 4.78 is 2.33. The Hall–Kier alpha value is -0.700. The average molecular weight is 224 g/mol. The second-order valence-electron chi connectivity index (χ2n) is 4.32. The van der Waals surface area contributed by atoms with Crippen LogP contribution in [0.15, 0.2) is 24.5 Å². The fourth-order valence-corrected chi connectivity index (χ4v) is 4.17. The summed E-state index contributed by atoms with van der Waals surface area (Å²) in [6, 6.07) is 4.39. The zero-order valence-electron chi connectivity index (χ0n) is 9.65. The normalized spacial score (nSPS) is 16.9. The van der Waals surface area contributed by atoms with Crippen molar-refractivity contribution in [1.82, 2.24) is 0 Å². The van der Waals surface area contributed by atoms with Crippen LogP contribution in [0.2, 0.25) is 0 Å². The van der Waals surface area contributed by atoms with Gasteiger partial charge in [-0.2, -0.15) is 4.57 Å². The number of hydrogen-bond donors (Lipinski definition) is 0. The van der Waals surface area contributed by atoms with E-state index in [0.29, 0.717) is 10.9 Å². The molecule has 0 bridgehead atoms. The van der Waals surface area contributed by atoms with Crippen molar-refractivity contribution in [3.63, 3.8) is 0 Å². The maximum atomic E-state index is 2.33. The average Bonchev–Trinajstić information content (AvgIpc) is 2.71. The highest BCUT2D eigenvalue weighted by molar-refractivity contribution is 7.95. The highest BCUT2D eigenvalue weighted by Gasteiger charge is 2.27. The molecular weight excluding hydrogens is 204 g/mol. The van der Waals surface area contributed by atoms with Crippen LogP contribution in [0.1, 0.15) is 12.8 Å². The number of hydrogen-bond acceptors (Lipinski definition) is 1. The molecule has 1 aromatic heterocycles. The van der Waals surface area contributed by atoms with Crippen LogP contribution in [0.25, 0.3) is 0 Å². The molecule has 0 spiro atoms. The Morgan fingerprint density at radius 1 is 1.20 bits per heavy atom. The minimum Gasteiger partial charge on any atom is -0.377 e. The first-order valence-electron chi connectivity index (χ1n) is 5.56. The lowest BCUT2D eigenvalue weighted by atomic mass is 10.4. The lowest BCUT2D eigenvalue weighted by molar-refractivity contribution is -0.676. The molecule has 0 unspecified atom stereocenters. The zero-order valence-corrected chi connectivity index (χ0v) is 10.5. The van der Waals surface area contributed by atoms with Crippen LogP contribution in [-0.4, -0.2) is 25.6 Å². The molecule has 1 fully saturated rings. The summed E-state index contributed by atoms with van der Waals surface area (Å²) in [4.78, 5) is 2.14. The van der Waals surface area contributed by atoms with E-state index < -0.39 is 0 Å². The van der Waals surface area contributed by atoms with Gasteiger partial charge >= 0.3 is 0 Å². The fourth-order valence-electron chi connectivity index (χ4n) is 1.89. The molecule has 0 atom stereocenters. The van der Waals surface area contributed by atoms with Crippen LogP contribution in [0.5, 0.6) is 0 Å². The van der Waals surface area contributed by atoms with Crippen molar-refractivity contribution in [3.05, 3.63) is 24.5 Å². The first kappa shape index (κ1) is 10.8. The van der Waals surface area contributed by atoms with Gasteiger partial charge in [0.2, 0.25) is 0 Å². The third-order valence-corrected chi connectivity index (χ3v) is 5.23. The van der Waals surface area contributed by atoms with Crippen LogP contribution in [0, 0.1) is 0 Å². The summed E-state index contributed by atoms with van der Waals surface area (Å²) in [5, 5.41) is 0. The van der Waals surface area contributed by atoms with Crippen LogP contribution < -0.4 is 9.47 Å². The molecule has 1 aromatic rings. The monoisotopic (exact) mass is 224 g/mol. The second kappa shape index (κ2) is 4.88. The lowest BCUT2D eigenvalue weighted by Gasteiger charge is -2.10. The Bertz CT molecular complexity index is 302. The van der Waals surface area contributed by atoms with Gasteiger partial charge in [-0.05, 0) is 12.8 Å². The standard InChI is InChI=1S/C12H20N2S/c1-13(2)12-5-7-14(8-6-12)11-15-9-3-4-10-15/h5-8H,3-4,9-11H2,1-2H3/q+2. The molecule has 0 amide bonds. The predicted octanol–water partition coefficient (Wildman–Crippen LogP) is 1.41. The van der Waals surface area contributed by atoms with E-state index in [2.05, 4.69) is 48.1 Å². The fraction of sp³-hybridized carbons (Fsp3) is 0.583. The van der Waals surface area contributed by atoms with Gasteiger partial charge in [-0.1, -0.05) is 0 Å². The summed E-state index contributed by atoms with van der Waals surface area (Å²) in [6.45, 7) is 0. The molecule has 2 heterocycles. The van der Waals surface area contributed by atoms with Crippen molar-refractivity contribution in [2.45, 2.75) is 18.7 Å². The molecule has 0 saturated carbocycles. The first-order chi connectivity index (χ1) is 7.25. The van der Waals surface area contributed by atoms with Crippen LogP contribution in [0.3, 0.4) is 0 Å². The van der Waals surface area contributed by atoms with E-state index in [1.165, 1.54) is 35.9 Å². The topological polar surface area (TPSA) is 7.12 Å². The summed E-state index contributed by atoms with van der Waals surface area (Å²) in [7, 11) is 4.82. The quantitative estimate of drug-likeness (QED) is 0.556. The first-order valence-corrected chi connectivity index (χ1v) is 7.29. The molecule has 0 radical (unpaired) electrons. The molecule has 0 aromatic carbocycles. The van der Waals surface area contributed by atoms with E-state index in [-0.39, 0.29) is 0 Å². The third kappa shape index (κ3) is 2.88. The minimum absolute atomic E-state index is 0.654. The van der Waals surface area contributed by atoms with Crippen LogP contribution in [0.4, 0.5) is 5.69 Å². The Kier molecular flexibility index (Phi) is 3.52. The zero-order chi connectivity index (χ0) is 10.7. The Morgan fingerprint density at radius 3 is 2.33 bits per heavy atom. The molecule has 1 saturated heterocycles. The lowest BCUT2D eigenvalue weighted by Crippen LogP contribution is -2.37. The molecule has 3 heteroatoms. The van der Waals surface area contributed by atoms with Gasteiger partial charge in [-0.25, -0.2) is 0 Å². The smallest absolute Gasteiger partial charge is 0.299 e. The molecule has 2 rings (SSSR count). The highest BCUT2D eigenvalue weighted by Crippen LogP contribution is 2.13. The van der Waals surface area contributed by atoms with Crippen LogP contribution >= 0.6 is 0 Å². The Balaban J connectivity index is 1.97. The van der Waals surface area contributed by atoms with Crippen LogP contribution in [-0.2, 0) is 16.8 Å². The predicted molar refractivity (Wildman–Crippen MR) is 67.3 cm³/mol. The van der Waals surface area contributed by atoms with Crippen molar-refractivity contribution in [2.75, 3.05) is 30.5 Å². The molecule has 82 valence electrons. The molecule has 2 nitrogen and oxygen atoms in total. The van der Waals surface area contributed by atoms with E-state index in [1.807, 2.05) is 0 Å². The van der Waals surface area contributed by atoms with Gasteiger partial charge in [0.1, 0.15) is 11.5 Å². The van der Waals surface area contributed by atoms with E-state index in [1.54, 1.807) is 0 Å². The van der Waals surface area contributed by atoms with Gasteiger partial charge < -0.3 is 4.90 Å². The van der Waals surface area contributed by atoms with Gasteiger partial charge in [-0.15, -0.1) is 0 Å². The number of anilines is 1. The van der Waals surface area contributed by atoms with Crippen molar-refractivity contribution in [2.24, 2.45) is 0 Å². The number of aromatic nitrogens is 1. The van der Waals surface area contributed by atoms with Gasteiger partial charge in [0.25, 0.3) is 5.88 Å². The van der Waals surface area contributed by atoms with Crippen molar-refractivity contribution >= 4 is 16.6 Å². The number of rotatable bonds is 3. The van der Waals surface area contributed by atoms with Crippen molar-refractivity contribution in [3.8, 4) is 0 Å². The van der Waals surface area contributed by atoms with E-state index in [9.17, 15) is 0 Å². The summed E-state index contributed by atoms with van der Waals surface area (Å²) in [5.41, 5.74) is 1.28. The van der Waals surface area contributed by atoms with E-state index in [4.69, 9.17) is 0 Å². The maximum absolute atomic E-state index is 2.33.